The molecule has 1 heterocycles. The normalized spacial score (nSPS) is 31.9. The molecule has 160 valence electrons. The van der Waals surface area contributed by atoms with E-state index < -0.39 is 27.3 Å². The first-order valence-electron chi connectivity index (χ1n) is 10.6. The van der Waals surface area contributed by atoms with Gasteiger partial charge >= 0.3 is 5.97 Å². The van der Waals surface area contributed by atoms with E-state index in [2.05, 4.69) is 37.8 Å². The molecule has 0 radical (unpaired) electrons. The Labute approximate surface area is 173 Å². The summed E-state index contributed by atoms with van der Waals surface area (Å²) in [4.78, 5) is 14.2. The zero-order valence-corrected chi connectivity index (χ0v) is 18.4. The summed E-state index contributed by atoms with van der Waals surface area (Å²) in [5.41, 5.74) is 1.43. The fourth-order valence-electron chi connectivity index (χ4n) is 6.31. The smallest absolute Gasteiger partial charge is 0.307 e. The van der Waals surface area contributed by atoms with Crippen molar-refractivity contribution >= 4 is 21.7 Å². The molecule has 2 aliphatic carbocycles. The quantitative estimate of drug-likeness (QED) is 0.792. The van der Waals surface area contributed by atoms with Crippen molar-refractivity contribution in [3.05, 3.63) is 29.8 Å². The maximum atomic E-state index is 13.4. The number of aryl methyl sites for hydroxylation is 1. The molecule has 1 aromatic rings. The summed E-state index contributed by atoms with van der Waals surface area (Å²) in [7, 11) is -3.52. The summed E-state index contributed by atoms with van der Waals surface area (Å²) in [5, 5.41) is 9.81. The second kappa shape index (κ2) is 6.98. The first kappa shape index (κ1) is 20.7. The molecule has 1 saturated heterocycles. The van der Waals surface area contributed by atoms with Crippen LogP contribution in [-0.4, -0.2) is 55.7 Å². The summed E-state index contributed by atoms with van der Waals surface area (Å²) >= 11 is 0. The van der Waals surface area contributed by atoms with E-state index in [1.807, 2.05) is 12.1 Å². The number of rotatable bonds is 5. The number of hydrogen-bond acceptors (Lipinski definition) is 4. The molecule has 1 N–H and O–H groups in total. The number of hydrogen-bond donors (Lipinski definition) is 1. The van der Waals surface area contributed by atoms with E-state index >= 15 is 0 Å². The average Bonchev–Trinajstić information content (AvgIpc) is 3.03. The molecular weight excluding hydrogens is 388 g/mol. The van der Waals surface area contributed by atoms with E-state index in [-0.39, 0.29) is 11.2 Å². The Morgan fingerprint density at radius 1 is 1.17 bits per heavy atom. The van der Waals surface area contributed by atoms with Gasteiger partial charge < -0.3 is 10.0 Å². The molecule has 0 aromatic heterocycles. The molecule has 2 saturated carbocycles. The number of anilines is 1. The van der Waals surface area contributed by atoms with Gasteiger partial charge in [-0.25, -0.2) is 8.42 Å². The van der Waals surface area contributed by atoms with Gasteiger partial charge in [-0.05, 0) is 49.1 Å². The number of fused-ring (bicyclic) bond motifs is 2. The van der Waals surface area contributed by atoms with Crippen LogP contribution in [-0.2, 0) is 14.8 Å². The van der Waals surface area contributed by atoms with E-state index in [0.717, 1.165) is 12.1 Å². The van der Waals surface area contributed by atoms with Crippen LogP contribution in [0.2, 0.25) is 0 Å². The lowest BCUT2D eigenvalue weighted by molar-refractivity contribution is -0.146. The Bertz CT molecular complexity index is 905. The van der Waals surface area contributed by atoms with Crippen molar-refractivity contribution in [1.82, 2.24) is 4.31 Å². The number of sulfonamides is 1. The van der Waals surface area contributed by atoms with Crippen molar-refractivity contribution in [3.63, 3.8) is 0 Å². The number of benzene rings is 1. The van der Waals surface area contributed by atoms with E-state index in [1.165, 1.54) is 5.56 Å². The molecule has 0 unspecified atom stereocenters. The highest BCUT2D eigenvalue weighted by Crippen LogP contribution is 2.68. The molecule has 1 aromatic carbocycles. The van der Waals surface area contributed by atoms with Gasteiger partial charge in [0, 0.05) is 37.3 Å². The minimum Gasteiger partial charge on any atom is -0.481 e. The van der Waals surface area contributed by atoms with E-state index in [0.29, 0.717) is 44.9 Å². The van der Waals surface area contributed by atoms with Crippen LogP contribution in [0.1, 0.15) is 38.7 Å². The summed E-state index contributed by atoms with van der Waals surface area (Å²) < 4.78 is 28.4. The Morgan fingerprint density at radius 2 is 1.83 bits per heavy atom. The topological polar surface area (TPSA) is 77.9 Å². The van der Waals surface area contributed by atoms with Gasteiger partial charge in [-0.15, -0.1) is 0 Å². The maximum Gasteiger partial charge on any atom is 0.307 e. The molecule has 6 nitrogen and oxygen atoms in total. The van der Waals surface area contributed by atoms with Gasteiger partial charge in [0.25, 0.3) is 0 Å². The zero-order valence-electron chi connectivity index (χ0n) is 17.6. The lowest BCUT2D eigenvalue weighted by atomic mass is 9.66. The van der Waals surface area contributed by atoms with Crippen LogP contribution in [0.15, 0.2) is 24.3 Å². The standard InChI is InChI=1S/C22H32N2O4S/c1-16-6-4-5-7-19(16)23-10-12-24(13-11-23)29(27,28)15-22-9-8-17(21(22,2)3)14-18(22)20(25)26/h4-7,17-18H,8-15H2,1-3H3,(H,25,26)/t17-,18-,22-/m0/s1. The Balaban J connectivity index is 1.51. The molecule has 3 fully saturated rings. The van der Waals surface area contributed by atoms with Crippen molar-refractivity contribution in [2.24, 2.45) is 22.7 Å². The number of carboxylic acid groups (broad SMARTS) is 1. The van der Waals surface area contributed by atoms with Crippen molar-refractivity contribution in [2.75, 3.05) is 36.8 Å². The van der Waals surface area contributed by atoms with E-state index in [1.54, 1.807) is 4.31 Å². The van der Waals surface area contributed by atoms with Gasteiger partial charge in [0.2, 0.25) is 10.0 Å². The molecule has 3 atom stereocenters. The highest BCUT2D eigenvalue weighted by atomic mass is 32.2. The Kier molecular flexibility index (Phi) is 4.97. The third kappa shape index (κ3) is 3.17. The van der Waals surface area contributed by atoms with Gasteiger partial charge in [0.1, 0.15) is 0 Å². The fourth-order valence-corrected chi connectivity index (χ4v) is 8.58. The molecule has 1 aliphatic heterocycles. The summed E-state index contributed by atoms with van der Waals surface area (Å²) in [6.45, 7) is 8.46. The molecule has 3 aliphatic rings. The lowest BCUT2D eigenvalue weighted by Gasteiger charge is -2.43. The number of piperazine rings is 1. The minimum atomic E-state index is -3.52. The lowest BCUT2D eigenvalue weighted by Crippen LogP contribution is -2.53. The third-order valence-corrected chi connectivity index (χ3v) is 10.3. The molecule has 2 bridgehead atoms. The van der Waals surface area contributed by atoms with Crippen LogP contribution in [0.25, 0.3) is 0 Å². The second-order valence-corrected chi connectivity index (χ2v) is 11.6. The largest absolute Gasteiger partial charge is 0.481 e. The summed E-state index contributed by atoms with van der Waals surface area (Å²) in [5.74, 6) is -1.12. The molecule has 29 heavy (non-hydrogen) atoms. The summed E-state index contributed by atoms with van der Waals surface area (Å²) in [6.07, 6.45) is 2.25. The van der Waals surface area contributed by atoms with Gasteiger partial charge in [-0.1, -0.05) is 32.0 Å². The highest BCUT2D eigenvalue weighted by Gasteiger charge is 2.67. The van der Waals surface area contributed by atoms with Crippen LogP contribution < -0.4 is 4.90 Å². The van der Waals surface area contributed by atoms with Crippen molar-refractivity contribution in [2.45, 2.75) is 40.0 Å². The fraction of sp³-hybridized carbons (Fsp3) is 0.682. The molecular formula is C22H32N2O4S. The third-order valence-electron chi connectivity index (χ3n) is 8.26. The number of nitrogens with zero attached hydrogens (tertiary/aromatic N) is 2. The van der Waals surface area contributed by atoms with Gasteiger partial charge in [-0.3, -0.25) is 4.79 Å². The van der Waals surface area contributed by atoms with Crippen LogP contribution in [0, 0.1) is 29.6 Å². The van der Waals surface area contributed by atoms with Crippen LogP contribution in [0.3, 0.4) is 0 Å². The zero-order chi connectivity index (χ0) is 21.0. The molecule has 4 rings (SSSR count). The number of carbonyl (C=O) groups is 1. The number of aliphatic carboxylic acids is 1. The van der Waals surface area contributed by atoms with Gasteiger partial charge in [0.15, 0.2) is 0 Å². The van der Waals surface area contributed by atoms with E-state index in [9.17, 15) is 18.3 Å². The van der Waals surface area contributed by atoms with Crippen LogP contribution in [0.4, 0.5) is 5.69 Å². The maximum absolute atomic E-state index is 13.4. The van der Waals surface area contributed by atoms with E-state index in [4.69, 9.17) is 0 Å². The van der Waals surface area contributed by atoms with Crippen LogP contribution >= 0.6 is 0 Å². The number of para-hydroxylation sites is 1. The van der Waals surface area contributed by atoms with Crippen molar-refractivity contribution in [3.8, 4) is 0 Å². The molecule has 0 amide bonds. The molecule has 0 spiro atoms. The number of carboxylic acids is 1. The predicted molar refractivity (Wildman–Crippen MR) is 113 cm³/mol. The van der Waals surface area contributed by atoms with Crippen LogP contribution in [0.5, 0.6) is 0 Å². The monoisotopic (exact) mass is 420 g/mol. The Hall–Kier alpha value is -1.60. The van der Waals surface area contributed by atoms with Gasteiger partial charge in [0.05, 0.1) is 11.7 Å². The van der Waals surface area contributed by atoms with Gasteiger partial charge in [-0.2, -0.15) is 4.31 Å². The van der Waals surface area contributed by atoms with Crippen molar-refractivity contribution in [1.29, 1.82) is 0 Å². The summed E-state index contributed by atoms with van der Waals surface area (Å²) in [6, 6.07) is 8.17. The minimum absolute atomic E-state index is 0.0369. The SMILES string of the molecule is Cc1ccccc1N1CCN(S(=O)(=O)C[C@@]23CC[C@@H](C[C@H]2C(=O)O)C3(C)C)CC1. The predicted octanol–water partition coefficient (Wildman–Crippen LogP) is 2.97. The Morgan fingerprint density at radius 3 is 2.41 bits per heavy atom. The first-order chi connectivity index (χ1) is 13.6. The average molecular weight is 421 g/mol. The van der Waals surface area contributed by atoms with Crippen molar-refractivity contribution < 1.29 is 18.3 Å². The molecule has 7 heteroatoms. The second-order valence-electron chi connectivity index (χ2n) is 9.67. The highest BCUT2D eigenvalue weighted by molar-refractivity contribution is 7.89. The first-order valence-corrected chi connectivity index (χ1v) is 12.2.